The van der Waals surface area contributed by atoms with Crippen molar-refractivity contribution in [2.75, 3.05) is 0 Å². The summed E-state index contributed by atoms with van der Waals surface area (Å²) in [5.74, 6) is -4.73. The molecule has 0 unspecified atom stereocenters. The number of hydrogen-bond donors (Lipinski definition) is 0. The number of alkyl halides is 5. The zero-order chi connectivity index (χ0) is 9.41. The van der Waals surface area contributed by atoms with Crippen molar-refractivity contribution in [3.05, 3.63) is 22.4 Å². The van der Waals surface area contributed by atoms with E-state index in [2.05, 4.69) is 0 Å². The summed E-state index contributed by atoms with van der Waals surface area (Å²) in [6.07, 6.45) is -5.51. The van der Waals surface area contributed by atoms with Crippen LogP contribution in [0, 0.1) is 0 Å². The Balaban J connectivity index is 3.02. The molecule has 1 heterocycles. The van der Waals surface area contributed by atoms with E-state index in [0.29, 0.717) is 0 Å². The molecule has 0 aromatic carbocycles. The predicted octanol–water partition coefficient (Wildman–Crippen LogP) is 3.40. The third kappa shape index (κ3) is 1.43. The SMILES string of the molecule is FC(F)(F)C(F)(F)c1ccsc1. The zero-order valence-corrected chi connectivity index (χ0v) is 6.35. The van der Waals surface area contributed by atoms with Crippen LogP contribution in [-0.4, -0.2) is 6.18 Å². The quantitative estimate of drug-likeness (QED) is 0.612. The van der Waals surface area contributed by atoms with Crippen LogP contribution in [0.4, 0.5) is 22.0 Å². The molecule has 1 aromatic heterocycles. The number of thiophene rings is 1. The fourth-order valence-corrected chi connectivity index (χ4v) is 1.28. The Morgan fingerprint density at radius 3 is 2.00 bits per heavy atom. The molecule has 0 radical (unpaired) electrons. The van der Waals surface area contributed by atoms with Gasteiger partial charge < -0.3 is 0 Å². The predicted molar refractivity (Wildman–Crippen MR) is 34.3 cm³/mol. The molecule has 0 amide bonds. The van der Waals surface area contributed by atoms with Crippen molar-refractivity contribution in [2.24, 2.45) is 0 Å². The Morgan fingerprint density at radius 1 is 1.08 bits per heavy atom. The summed E-state index contributed by atoms with van der Waals surface area (Å²) in [6, 6.07) is 0.762. The molecule has 0 aliphatic carbocycles. The third-order valence-corrected chi connectivity index (χ3v) is 1.92. The molecule has 1 rings (SSSR count). The van der Waals surface area contributed by atoms with E-state index in [-0.39, 0.29) is 0 Å². The van der Waals surface area contributed by atoms with Gasteiger partial charge in [-0.15, -0.1) is 0 Å². The standard InChI is InChI=1S/C6H3F5S/c7-5(8,6(9,10)11)4-1-2-12-3-4/h1-3H. The van der Waals surface area contributed by atoms with Gasteiger partial charge >= 0.3 is 12.1 Å². The normalized spacial score (nSPS) is 13.4. The average Bonchev–Trinajstić information content (AvgIpc) is 2.34. The van der Waals surface area contributed by atoms with Crippen molar-refractivity contribution in [3.8, 4) is 0 Å². The Bertz CT molecular complexity index is 247. The molecule has 0 fully saturated rings. The highest BCUT2D eigenvalue weighted by Crippen LogP contribution is 2.44. The molecule has 0 bridgehead atoms. The Morgan fingerprint density at radius 2 is 1.67 bits per heavy atom. The minimum Gasteiger partial charge on any atom is -0.191 e. The van der Waals surface area contributed by atoms with E-state index in [0.717, 1.165) is 22.8 Å². The van der Waals surface area contributed by atoms with Crippen LogP contribution in [0.2, 0.25) is 0 Å². The molecule has 6 heteroatoms. The molecule has 0 N–H and O–H groups in total. The summed E-state index contributed by atoms with van der Waals surface area (Å²) < 4.78 is 59.7. The molecule has 0 saturated heterocycles. The van der Waals surface area contributed by atoms with Gasteiger partial charge in [0.1, 0.15) is 0 Å². The van der Waals surface area contributed by atoms with Crippen LogP contribution in [0.1, 0.15) is 5.56 Å². The molecule has 0 aliphatic rings. The summed E-state index contributed by atoms with van der Waals surface area (Å²) in [5.41, 5.74) is -1.00. The number of rotatable bonds is 1. The van der Waals surface area contributed by atoms with Crippen molar-refractivity contribution in [3.63, 3.8) is 0 Å². The monoisotopic (exact) mass is 202 g/mol. The van der Waals surface area contributed by atoms with E-state index in [4.69, 9.17) is 0 Å². The van der Waals surface area contributed by atoms with Gasteiger partial charge in [-0.1, -0.05) is 0 Å². The largest absolute Gasteiger partial charge is 0.458 e. The lowest BCUT2D eigenvalue weighted by atomic mass is 10.2. The van der Waals surface area contributed by atoms with Crippen molar-refractivity contribution in [1.29, 1.82) is 0 Å². The molecule has 0 saturated carbocycles. The summed E-state index contributed by atoms with van der Waals surface area (Å²) in [5, 5.41) is 1.96. The van der Waals surface area contributed by atoms with E-state index < -0.39 is 17.7 Å². The van der Waals surface area contributed by atoms with Crippen LogP contribution in [-0.2, 0) is 5.92 Å². The first-order valence-electron chi connectivity index (χ1n) is 2.83. The fourth-order valence-electron chi connectivity index (χ4n) is 0.607. The van der Waals surface area contributed by atoms with Crippen LogP contribution in [0.15, 0.2) is 16.8 Å². The molecule has 0 aliphatic heterocycles. The molecule has 0 nitrogen and oxygen atoms in total. The molecule has 1 aromatic rings. The van der Waals surface area contributed by atoms with Crippen LogP contribution in [0.25, 0.3) is 0 Å². The van der Waals surface area contributed by atoms with Crippen molar-refractivity contribution < 1.29 is 22.0 Å². The summed E-state index contributed by atoms with van der Waals surface area (Å²) in [7, 11) is 0. The van der Waals surface area contributed by atoms with Gasteiger partial charge in [0.05, 0.1) is 0 Å². The fraction of sp³-hybridized carbons (Fsp3) is 0.333. The summed E-state index contributed by atoms with van der Waals surface area (Å²) in [4.78, 5) is 0. The molecule has 68 valence electrons. The van der Waals surface area contributed by atoms with E-state index in [1.165, 1.54) is 5.38 Å². The van der Waals surface area contributed by atoms with E-state index >= 15 is 0 Å². The lowest BCUT2D eigenvalue weighted by molar-refractivity contribution is -0.289. The minimum absolute atomic E-state index is 0.762. The Labute approximate surface area is 68.6 Å². The van der Waals surface area contributed by atoms with Gasteiger partial charge in [0.25, 0.3) is 0 Å². The molecule has 0 spiro atoms. The van der Waals surface area contributed by atoms with Gasteiger partial charge in [-0.3, -0.25) is 0 Å². The Kier molecular flexibility index (Phi) is 2.11. The zero-order valence-electron chi connectivity index (χ0n) is 5.53. The maximum absolute atomic E-state index is 12.4. The second-order valence-electron chi connectivity index (χ2n) is 2.08. The highest BCUT2D eigenvalue weighted by molar-refractivity contribution is 7.08. The first kappa shape index (κ1) is 9.44. The molecule has 12 heavy (non-hydrogen) atoms. The first-order chi connectivity index (χ1) is 5.36. The van der Waals surface area contributed by atoms with Crippen LogP contribution in [0.5, 0.6) is 0 Å². The highest BCUT2D eigenvalue weighted by Gasteiger charge is 2.58. The second-order valence-corrected chi connectivity index (χ2v) is 2.86. The van der Waals surface area contributed by atoms with Crippen LogP contribution in [0.3, 0.4) is 0 Å². The van der Waals surface area contributed by atoms with Gasteiger partial charge in [-0.25, -0.2) is 0 Å². The second kappa shape index (κ2) is 2.69. The third-order valence-electron chi connectivity index (χ3n) is 1.24. The lowest BCUT2D eigenvalue weighted by Crippen LogP contribution is -2.33. The van der Waals surface area contributed by atoms with Gasteiger partial charge in [0.2, 0.25) is 0 Å². The summed E-state index contributed by atoms with van der Waals surface area (Å²) >= 11 is 0.803. The minimum atomic E-state index is -5.51. The average molecular weight is 202 g/mol. The van der Waals surface area contributed by atoms with Gasteiger partial charge in [-0.05, 0) is 11.4 Å². The van der Waals surface area contributed by atoms with E-state index in [1.807, 2.05) is 0 Å². The van der Waals surface area contributed by atoms with Gasteiger partial charge in [-0.2, -0.15) is 33.3 Å². The molecular formula is C6H3F5S. The smallest absolute Gasteiger partial charge is 0.191 e. The maximum Gasteiger partial charge on any atom is 0.458 e. The lowest BCUT2D eigenvalue weighted by Gasteiger charge is -2.17. The molecule has 0 atom stereocenters. The highest BCUT2D eigenvalue weighted by atomic mass is 32.1. The van der Waals surface area contributed by atoms with Gasteiger partial charge in [0.15, 0.2) is 0 Å². The topological polar surface area (TPSA) is 0 Å². The van der Waals surface area contributed by atoms with Gasteiger partial charge in [0, 0.05) is 10.9 Å². The first-order valence-corrected chi connectivity index (χ1v) is 3.77. The van der Waals surface area contributed by atoms with Crippen molar-refractivity contribution in [1.82, 2.24) is 0 Å². The van der Waals surface area contributed by atoms with Crippen molar-refractivity contribution >= 4 is 11.3 Å². The van der Waals surface area contributed by atoms with E-state index in [1.54, 1.807) is 0 Å². The number of hydrogen-bond acceptors (Lipinski definition) is 1. The van der Waals surface area contributed by atoms with E-state index in [9.17, 15) is 22.0 Å². The summed E-state index contributed by atoms with van der Waals surface area (Å²) in [6.45, 7) is 0. The molecular weight excluding hydrogens is 199 g/mol. The maximum atomic E-state index is 12.4. The number of halogens is 5. The van der Waals surface area contributed by atoms with Crippen LogP contribution >= 0.6 is 11.3 Å². The van der Waals surface area contributed by atoms with Crippen LogP contribution < -0.4 is 0 Å². The Hall–Kier alpha value is -0.650. The van der Waals surface area contributed by atoms with Crippen molar-refractivity contribution in [2.45, 2.75) is 12.1 Å².